The molecule has 4 aromatic rings. The van der Waals surface area contributed by atoms with E-state index < -0.39 is 0 Å². The highest BCUT2D eigenvalue weighted by molar-refractivity contribution is 6.04. The van der Waals surface area contributed by atoms with Gasteiger partial charge in [0.05, 0.1) is 35.4 Å². The molecule has 0 aliphatic carbocycles. The van der Waals surface area contributed by atoms with Gasteiger partial charge in [-0.3, -0.25) is 14.1 Å². The Morgan fingerprint density at radius 3 is 2.69 bits per heavy atom. The van der Waals surface area contributed by atoms with Crippen molar-refractivity contribution in [2.24, 2.45) is 13.0 Å². The number of hydrogen-bond acceptors (Lipinski definition) is 6. The van der Waals surface area contributed by atoms with Crippen LogP contribution in [0, 0.1) is 5.92 Å². The SMILES string of the molecule is CN(C)C[C@@H]1CCN(c2ccc(-c3ccc4ncc5c(c4c3)n([C@H]3CCOC3)c(=O)n5C)cn2)C1. The van der Waals surface area contributed by atoms with Crippen LogP contribution in [0.3, 0.4) is 0 Å². The molecule has 2 aliphatic heterocycles. The molecule has 0 amide bonds. The van der Waals surface area contributed by atoms with E-state index in [1.165, 1.54) is 6.42 Å². The number of rotatable bonds is 5. The van der Waals surface area contributed by atoms with Gasteiger partial charge in [0, 0.05) is 50.4 Å². The Morgan fingerprint density at radius 2 is 1.94 bits per heavy atom. The molecule has 2 atom stereocenters. The number of pyridine rings is 2. The molecule has 3 aromatic heterocycles. The maximum atomic E-state index is 13.1. The van der Waals surface area contributed by atoms with E-state index in [0.717, 1.165) is 64.9 Å². The zero-order chi connectivity index (χ0) is 24.1. The van der Waals surface area contributed by atoms with Crippen molar-refractivity contribution in [1.29, 1.82) is 0 Å². The summed E-state index contributed by atoms with van der Waals surface area (Å²) in [6, 6.07) is 10.6. The molecule has 0 bridgehead atoms. The molecule has 8 nitrogen and oxygen atoms in total. The number of aryl methyl sites for hydroxylation is 1. The highest BCUT2D eigenvalue weighted by Crippen LogP contribution is 2.32. The molecule has 8 heteroatoms. The lowest BCUT2D eigenvalue weighted by Gasteiger charge is -2.19. The molecule has 6 rings (SSSR count). The summed E-state index contributed by atoms with van der Waals surface area (Å²) >= 11 is 0. The lowest BCUT2D eigenvalue weighted by molar-refractivity contribution is 0.186. The zero-order valence-corrected chi connectivity index (χ0v) is 20.6. The van der Waals surface area contributed by atoms with Crippen molar-refractivity contribution >= 4 is 27.8 Å². The number of ether oxygens (including phenoxy) is 1. The van der Waals surface area contributed by atoms with Gasteiger partial charge in [-0.2, -0.15) is 0 Å². The first-order valence-corrected chi connectivity index (χ1v) is 12.4. The third kappa shape index (κ3) is 3.90. The van der Waals surface area contributed by atoms with Gasteiger partial charge in [0.15, 0.2) is 0 Å². The van der Waals surface area contributed by atoms with E-state index in [-0.39, 0.29) is 11.7 Å². The number of benzene rings is 1. The molecular formula is C27H32N6O2. The minimum Gasteiger partial charge on any atom is -0.379 e. The van der Waals surface area contributed by atoms with Gasteiger partial charge in [-0.15, -0.1) is 0 Å². The Bertz CT molecular complexity index is 1430. The van der Waals surface area contributed by atoms with Crippen LogP contribution in [-0.4, -0.2) is 70.9 Å². The Hall–Kier alpha value is -3.23. The maximum Gasteiger partial charge on any atom is 0.329 e. The second-order valence-corrected chi connectivity index (χ2v) is 10.2. The van der Waals surface area contributed by atoms with E-state index in [4.69, 9.17) is 9.72 Å². The minimum atomic E-state index is -0.0144. The second-order valence-electron chi connectivity index (χ2n) is 10.2. The average Bonchev–Trinajstić information content (AvgIpc) is 3.60. The van der Waals surface area contributed by atoms with Crippen molar-refractivity contribution in [3.63, 3.8) is 0 Å². The number of fused-ring (bicyclic) bond motifs is 3. The molecule has 2 saturated heterocycles. The molecule has 0 spiro atoms. The summed E-state index contributed by atoms with van der Waals surface area (Å²) in [5.74, 6) is 1.73. The van der Waals surface area contributed by atoms with Gasteiger partial charge in [-0.25, -0.2) is 9.78 Å². The van der Waals surface area contributed by atoms with Crippen LogP contribution in [0.1, 0.15) is 18.9 Å². The highest BCUT2D eigenvalue weighted by Gasteiger charge is 2.26. The molecule has 182 valence electrons. The molecular weight excluding hydrogens is 440 g/mol. The summed E-state index contributed by atoms with van der Waals surface area (Å²) in [4.78, 5) is 27.3. The minimum absolute atomic E-state index is 0.0144. The number of nitrogens with zero attached hydrogens (tertiary/aromatic N) is 6. The molecule has 0 radical (unpaired) electrons. The summed E-state index contributed by atoms with van der Waals surface area (Å²) in [5.41, 5.74) is 4.79. The third-order valence-corrected chi connectivity index (χ3v) is 7.50. The number of hydrogen-bond donors (Lipinski definition) is 0. The van der Waals surface area contributed by atoms with E-state index in [2.05, 4.69) is 53.1 Å². The van der Waals surface area contributed by atoms with Gasteiger partial charge >= 0.3 is 5.69 Å². The molecule has 2 fully saturated rings. The predicted molar refractivity (Wildman–Crippen MR) is 139 cm³/mol. The monoisotopic (exact) mass is 472 g/mol. The quantitative estimate of drug-likeness (QED) is 0.444. The lowest BCUT2D eigenvalue weighted by atomic mass is 10.0. The Balaban J connectivity index is 1.37. The second kappa shape index (κ2) is 8.77. The summed E-state index contributed by atoms with van der Waals surface area (Å²) < 4.78 is 9.22. The van der Waals surface area contributed by atoms with Crippen LogP contribution in [-0.2, 0) is 11.8 Å². The first-order valence-electron chi connectivity index (χ1n) is 12.4. The van der Waals surface area contributed by atoms with Gasteiger partial charge in [0.1, 0.15) is 5.82 Å². The number of anilines is 1. The van der Waals surface area contributed by atoms with Crippen molar-refractivity contribution in [3.05, 3.63) is 53.2 Å². The molecule has 1 aromatic carbocycles. The fraction of sp³-hybridized carbons (Fsp3) is 0.444. The van der Waals surface area contributed by atoms with Crippen molar-refractivity contribution < 1.29 is 4.74 Å². The van der Waals surface area contributed by atoms with Gasteiger partial charge in [-0.05, 0) is 62.7 Å². The van der Waals surface area contributed by atoms with Crippen LogP contribution >= 0.6 is 0 Å². The van der Waals surface area contributed by atoms with Crippen LogP contribution in [0.15, 0.2) is 47.5 Å². The maximum absolute atomic E-state index is 13.1. The lowest BCUT2D eigenvalue weighted by Crippen LogP contribution is -2.26. The Labute approximate surface area is 204 Å². The van der Waals surface area contributed by atoms with Gasteiger partial charge in [0.25, 0.3) is 0 Å². The van der Waals surface area contributed by atoms with Crippen molar-refractivity contribution in [3.8, 4) is 11.1 Å². The fourth-order valence-corrected chi connectivity index (χ4v) is 5.72. The van der Waals surface area contributed by atoms with E-state index in [9.17, 15) is 4.79 Å². The van der Waals surface area contributed by atoms with Crippen LogP contribution < -0.4 is 10.6 Å². The van der Waals surface area contributed by atoms with Crippen molar-refractivity contribution in [2.45, 2.75) is 18.9 Å². The Morgan fingerprint density at radius 1 is 1.09 bits per heavy atom. The molecule has 0 unspecified atom stereocenters. The van der Waals surface area contributed by atoms with Gasteiger partial charge < -0.3 is 14.5 Å². The first-order chi connectivity index (χ1) is 17.0. The van der Waals surface area contributed by atoms with E-state index in [0.29, 0.717) is 19.1 Å². The predicted octanol–water partition coefficient (Wildman–Crippen LogP) is 3.30. The molecule has 35 heavy (non-hydrogen) atoms. The normalized spacial score (nSPS) is 20.6. The van der Waals surface area contributed by atoms with Gasteiger partial charge in [0.2, 0.25) is 0 Å². The van der Waals surface area contributed by atoms with Gasteiger partial charge in [-0.1, -0.05) is 6.07 Å². The number of imidazole rings is 1. The van der Waals surface area contributed by atoms with Crippen LogP contribution in [0.4, 0.5) is 5.82 Å². The average molecular weight is 473 g/mol. The van der Waals surface area contributed by atoms with Crippen LogP contribution in [0.5, 0.6) is 0 Å². The summed E-state index contributed by atoms with van der Waals surface area (Å²) in [6.45, 7) is 4.49. The summed E-state index contributed by atoms with van der Waals surface area (Å²) in [7, 11) is 6.09. The van der Waals surface area contributed by atoms with Crippen LogP contribution in [0.2, 0.25) is 0 Å². The third-order valence-electron chi connectivity index (χ3n) is 7.50. The molecule has 0 saturated carbocycles. The molecule has 2 aliphatic rings. The van der Waals surface area contributed by atoms with Crippen LogP contribution in [0.25, 0.3) is 33.1 Å². The standard InChI is InChI=1S/C27H32N6O2/c1-30(2)15-18-8-10-32(16-18)25-7-5-20(13-29-25)19-4-6-23-22(12-19)26-24(14-28-23)31(3)27(34)33(26)21-9-11-35-17-21/h4-7,12-14,18,21H,8-11,15-17H2,1-3H3/t18-,21-/m0/s1. The van der Waals surface area contributed by atoms with E-state index in [1.807, 2.05) is 23.9 Å². The summed E-state index contributed by atoms with van der Waals surface area (Å²) in [6.07, 6.45) is 5.83. The summed E-state index contributed by atoms with van der Waals surface area (Å²) in [5, 5.41) is 0.986. The Kier molecular flexibility index (Phi) is 5.57. The zero-order valence-electron chi connectivity index (χ0n) is 20.6. The fourth-order valence-electron chi connectivity index (χ4n) is 5.72. The first kappa shape index (κ1) is 22.2. The largest absolute Gasteiger partial charge is 0.379 e. The van der Waals surface area contributed by atoms with E-state index in [1.54, 1.807) is 10.8 Å². The van der Waals surface area contributed by atoms with E-state index >= 15 is 0 Å². The molecule has 5 heterocycles. The smallest absolute Gasteiger partial charge is 0.329 e. The highest BCUT2D eigenvalue weighted by atomic mass is 16.5. The van der Waals surface area contributed by atoms with Crippen molar-refractivity contribution in [1.82, 2.24) is 24.0 Å². The number of aromatic nitrogens is 4. The molecule has 0 N–H and O–H groups in total. The topological polar surface area (TPSA) is 68.4 Å². The van der Waals surface area contributed by atoms with Crippen molar-refractivity contribution in [2.75, 3.05) is 51.8 Å².